The van der Waals surface area contributed by atoms with Crippen LogP contribution < -0.4 is 15.9 Å². The molecular formula is C30H32N6O3. The van der Waals surface area contributed by atoms with E-state index in [-0.39, 0.29) is 18.3 Å². The lowest BCUT2D eigenvalue weighted by Gasteiger charge is -2.35. The number of alkyl carbamates (subject to hydrolysis) is 1. The number of nitrogens with zero attached hydrogens (tertiary/aromatic N) is 5. The fourth-order valence-corrected chi connectivity index (χ4v) is 5.29. The van der Waals surface area contributed by atoms with E-state index in [0.29, 0.717) is 23.3 Å². The van der Waals surface area contributed by atoms with Crippen LogP contribution in [0, 0.1) is 11.3 Å². The number of hydrogen-bond donors (Lipinski definition) is 1. The third-order valence-electron chi connectivity index (χ3n) is 6.94. The molecule has 1 N–H and O–H groups in total. The minimum atomic E-state index is -0.579. The maximum Gasteiger partial charge on any atom is 0.407 e. The molecule has 39 heavy (non-hydrogen) atoms. The van der Waals surface area contributed by atoms with E-state index in [9.17, 15) is 14.9 Å². The van der Waals surface area contributed by atoms with Crippen molar-refractivity contribution in [1.29, 1.82) is 5.26 Å². The van der Waals surface area contributed by atoms with Crippen molar-refractivity contribution in [3.8, 4) is 6.07 Å². The predicted octanol–water partition coefficient (Wildman–Crippen LogP) is 4.87. The fourth-order valence-electron chi connectivity index (χ4n) is 5.29. The summed E-state index contributed by atoms with van der Waals surface area (Å²) in [6, 6.07) is 15.7. The molecule has 3 heterocycles. The second-order valence-corrected chi connectivity index (χ2v) is 10.8. The predicted molar refractivity (Wildman–Crippen MR) is 153 cm³/mol. The average molecular weight is 525 g/mol. The Balaban J connectivity index is 1.55. The van der Waals surface area contributed by atoms with Gasteiger partial charge in [0.05, 0.1) is 17.8 Å². The first kappa shape index (κ1) is 26.0. The molecule has 0 saturated carbocycles. The van der Waals surface area contributed by atoms with Crippen molar-refractivity contribution in [2.75, 3.05) is 18.0 Å². The van der Waals surface area contributed by atoms with E-state index in [2.05, 4.69) is 27.8 Å². The van der Waals surface area contributed by atoms with E-state index in [1.54, 1.807) is 10.8 Å². The summed E-state index contributed by atoms with van der Waals surface area (Å²) in [6.07, 6.45) is 4.40. The summed E-state index contributed by atoms with van der Waals surface area (Å²) in [5.41, 5.74) is 2.44. The highest BCUT2D eigenvalue weighted by molar-refractivity contribution is 5.90. The van der Waals surface area contributed by atoms with Gasteiger partial charge in [0.25, 0.3) is 0 Å². The Morgan fingerprint density at radius 2 is 2.05 bits per heavy atom. The molecule has 1 aliphatic rings. The third kappa shape index (κ3) is 5.10. The Kier molecular flexibility index (Phi) is 6.87. The molecule has 1 atom stereocenters. The van der Waals surface area contributed by atoms with Gasteiger partial charge in [-0.2, -0.15) is 5.26 Å². The molecule has 0 aliphatic carbocycles. The molecule has 0 radical (unpaired) electrons. The van der Waals surface area contributed by atoms with Gasteiger partial charge in [0, 0.05) is 31.5 Å². The van der Waals surface area contributed by atoms with Crippen LogP contribution in [-0.2, 0) is 11.3 Å². The summed E-state index contributed by atoms with van der Waals surface area (Å²) in [5, 5.41) is 14.8. The van der Waals surface area contributed by atoms with Gasteiger partial charge < -0.3 is 15.0 Å². The highest BCUT2D eigenvalue weighted by atomic mass is 16.6. The first-order chi connectivity index (χ1) is 18.7. The lowest BCUT2D eigenvalue weighted by Crippen LogP contribution is -2.49. The molecule has 1 amide bonds. The normalized spacial score (nSPS) is 15.7. The number of piperidine rings is 1. The summed E-state index contributed by atoms with van der Waals surface area (Å²) in [7, 11) is 0. The number of ether oxygens (including phenoxy) is 1. The molecule has 1 fully saturated rings. The number of benzene rings is 2. The highest BCUT2D eigenvalue weighted by Gasteiger charge is 2.27. The Labute approximate surface area is 226 Å². The van der Waals surface area contributed by atoms with Crippen LogP contribution in [-0.4, -0.2) is 44.9 Å². The summed E-state index contributed by atoms with van der Waals surface area (Å²) in [4.78, 5) is 32.7. The molecule has 4 aromatic rings. The zero-order valence-electron chi connectivity index (χ0n) is 22.5. The number of hydrogen-bond acceptors (Lipinski definition) is 6. The van der Waals surface area contributed by atoms with E-state index < -0.39 is 11.7 Å². The molecule has 2 aromatic carbocycles. The van der Waals surface area contributed by atoms with Crippen molar-refractivity contribution in [1.82, 2.24) is 19.4 Å². The average Bonchev–Trinajstić information content (AvgIpc) is 3.17. The quantitative estimate of drug-likeness (QED) is 0.400. The standard InChI is InChI=1S/C30H32N6O3/c1-5-35-27-26(36(29(35)38)18-21-13-12-20-9-6-7-11-23(20)24(21)17-31)25(14-15-32-27)34-16-8-10-22(19-34)33-28(37)39-30(2,3)4/h5-7,9,11-15,22H,1,8,10,16,18-19H2,2-4H3,(H,33,37)/t22-/m1/s1. The number of nitriles is 1. The number of pyridine rings is 1. The number of aromatic nitrogens is 3. The summed E-state index contributed by atoms with van der Waals surface area (Å²) >= 11 is 0. The molecule has 2 aromatic heterocycles. The number of rotatable bonds is 5. The maximum absolute atomic E-state index is 13.6. The van der Waals surface area contributed by atoms with Crippen LogP contribution in [0.3, 0.4) is 0 Å². The number of carbonyl (C=O) groups excluding carboxylic acids is 1. The van der Waals surface area contributed by atoms with Gasteiger partial charge in [0.15, 0.2) is 5.65 Å². The summed E-state index contributed by atoms with van der Waals surface area (Å²) in [6.45, 7) is 10.9. The van der Waals surface area contributed by atoms with E-state index in [4.69, 9.17) is 4.74 Å². The van der Waals surface area contributed by atoms with Crippen LogP contribution in [0.5, 0.6) is 0 Å². The number of anilines is 1. The van der Waals surface area contributed by atoms with Crippen molar-refractivity contribution >= 4 is 39.9 Å². The van der Waals surface area contributed by atoms with E-state index in [1.165, 1.54) is 10.8 Å². The highest BCUT2D eigenvalue weighted by Crippen LogP contribution is 2.30. The lowest BCUT2D eigenvalue weighted by molar-refractivity contribution is 0.0500. The number of carbonyl (C=O) groups is 1. The molecular weight excluding hydrogens is 492 g/mol. The minimum absolute atomic E-state index is 0.107. The van der Waals surface area contributed by atoms with Crippen LogP contribution >= 0.6 is 0 Å². The number of amides is 1. The van der Waals surface area contributed by atoms with Gasteiger partial charge in [-0.3, -0.25) is 9.13 Å². The first-order valence-corrected chi connectivity index (χ1v) is 13.1. The zero-order chi connectivity index (χ0) is 27.7. The van der Waals surface area contributed by atoms with Crippen molar-refractivity contribution in [3.63, 3.8) is 0 Å². The van der Waals surface area contributed by atoms with Crippen LogP contribution in [0.15, 0.2) is 60.0 Å². The molecule has 0 spiro atoms. The van der Waals surface area contributed by atoms with Gasteiger partial charge in [-0.1, -0.05) is 43.0 Å². The second kappa shape index (κ2) is 10.3. The second-order valence-electron chi connectivity index (χ2n) is 10.8. The number of nitrogens with one attached hydrogen (secondary N) is 1. The van der Waals surface area contributed by atoms with E-state index in [0.717, 1.165) is 41.4 Å². The minimum Gasteiger partial charge on any atom is -0.444 e. The SMILES string of the molecule is C=Cn1c(=O)n(Cc2ccc3ccccc3c2C#N)c2c(N3CCC[C@@H](NC(=O)OC(C)(C)C)C3)ccnc21. The van der Waals surface area contributed by atoms with Crippen molar-refractivity contribution in [3.05, 3.63) is 76.9 Å². The van der Waals surface area contributed by atoms with Gasteiger partial charge in [-0.15, -0.1) is 0 Å². The topological polar surface area (TPSA) is 105 Å². The molecule has 200 valence electrons. The number of fused-ring (bicyclic) bond motifs is 2. The molecule has 9 heteroatoms. The monoisotopic (exact) mass is 524 g/mol. The van der Waals surface area contributed by atoms with E-state index >= 15 is 0 Å². The maximum atomic E-state index is 13.6. The van der Waals surface area contributed by atoms with E-state index in [1.807, 2.05) is 63.2 Å². The van der Waals surface area contributed by atoms with Crippen molar-refractivity contribution in [2.45, 2.75) is 51.8 Å². The Hall–Kier alpha value is -4.58. The number of imidazole rings is 1. The molecule has 0 unspecified atom stereocenters. The largest absolute Gasteiger partial charge is 0.444 e. The molecule has 1 aliphatic heterocycles. The smallest absolute Gasteiger partial charge is 0.407 e. The van der Waals surface area contributed by atoms with Crippen LogP contribution in [0.2, 0.25) is 0 Å². The van der Waals surface area contributed by atoms with Gasteiger partial charge in [0.2, 0.25) is 0 Å². The Bertz CT molecular complexity index is 1670. The Morgan fingerprint density at radius 1 is 1.26 bits per heavy atom. The van der Waals surface area contributed by atoms with Gasteiger partial charge in [-0.05, 0) is 56.0 Å². The molecule has 5 rings (SSSR count). The molecule has 0 bridgehead atoms. The van der Waals surface area contributed by atoms with Gasteiger partial charge >= 0.3 is 11.8 Å². The van der Waals surface area contributed by atoms with Gasteiger partial charge in [0.1, 0.15) is 17.2 Å². The van der Waals surface area contributed by atoms with Crippen molar-refractivity contribution < 1.29 is 9.53 Å². The zero-order valence-corrected chi connectivity index (χ0v) is 22.5. The molecule has 1 saturated heterocycles. The van der Waals surface area contributed by atoms with Gasteiger partial charge in [-0.25, -0.2) is 14.6 Å². The molecule has 9 nitrogen and oxygen atoms in total. The van der Waals surface area contributed by atoms with Crippen LogP contribution in [0.1, 0.15) is 44.7 Å². The fraction of sp³-hybridized carbons (Fsp3) is 0.333. The van der Waals surface area contributed by atoms with Crippen LogP contribution in [0.25, 0.3) is 28.1 Å². The van der Waals surface area contributed by atoms with Crippen LogP contribution in [0.4, 0.5) is 10.5 Å². The van der Waals surface area contributed by atoms with Crippen molar-refractivity contribution in [2.24, 2.45) is 0 Å². The first-order valence-electron chi connectivity index (χ1n) is 13.1. The summed E-state index contributed by atoms with van der Waals surface area (Å²) in [5.74, 6) is 0. The Morgan fingerprint density at radius 3 is 2.79 bits per heavy atom. The lowest BCUT2D eigenvalue weighted by atomic mass is 9.99. The third-order valence-corrected chi connectivity index (χ3v) is 6.94. The summed E-state index contributed by atoms with van der Waals surface area (Å²) < 4.78 is 8.56.